The summed E-state index contributed by atoms with van der Waals surface area (Å²) in [4.78, 5) is 0. The van der Waals surface area contributed by atoms with Gasteiger partial charge in [-0.15, -0.1) is 0 Å². The van der Waals surface area contributed by atoms with Gasteiger partial charge in [0, 0.05) is 12.6 Å². The van der Waals surface area contributed by atoms with E-state index in [-0.39, 0.29) is 18.5 Å². The van der Waals surface area contributed by atoms with E-state index >= 15 is 0 Å². The number of halogens is 4. The Labute approximate surface area is 109 Å². The molecule has 0 aliphatic carbocycles. The minimum absolute atomic E-state index is 0.00721. The molecule has 1 N–H and O–H groups in total. The van der Waals surface area contributed by atoms with Crippen LogP contribution in [0.2, 0.25) is 0 Å². The zero-order valence-corrected chi connectivity index (χ0v) is 10.6. The van der Waals surface area contributed by atoms with Crippen molar-refractivity contribution in [1.82, 2.24) is 5.32 Å². The van der Waals surface area contributed by atoms with Crippen LogP contribution in [0.25, 0.3) is 0 Å². The van der Waals surface area contributed by atoms with Crippen molar-refractivity contribution < 1.29 is 22.3 Å². The topological polar surface area (TPSA) is 21.3 Å². The zero-order chi connectivity index (χ0) is 14.3. The van der Waals surface area contributed by atoms with Crippen LogP contribution < -0.4 is 5.32 Å². The van der Waals surface area contributed by atoms with Gasteiger partial charge >= 0.3 is 6.18 Å². The molecule has 0 radical (unpaired) electrons. The van der Waals surface area contributed by atoms with Gasteiger partial charge in [-0.05, 0) is 31.0 Å². The summed E-state index contributed by atoms with van der Waals surface area (Å²) >= 11 is 0. The lowest BCUT2D eigenvalue weighted by atomic mass is 10.1. The van der Waals surface area contributed by atoms with Crippen molar-refractivity contribution in [3.8, 4) is 0 Å². The van der Waals surface area contributed by atoms with Gasteiger partial charge < -0.3 is 10.1 Å². The second kappa shape index (κ2) is 7.45. The van der Waals surface area contributed by atoms with E-state index in [0.717, 1.165) is 5.56 Å². The van der Waals surface area contributed by atoms with Gasteiger partial charge in [-0.1, -0.05) is 12.1 Å². The van der Waals surface area contributed by atoms with Gasteiger partial charge in [-0.25, -0.2) is 4.39 Å². The Kier molecular flexibility index (Phi) is 6.24. The SMILES string of the molecule is CC(Cc1ccc(F)cc1)NCCOCC(F)(F)F. The molecular weight excluding hydrogens is 262 g/mol. The molecule has 1 atom stereocenters. The summed E-state index contributed by atoms with van der Waals surface area (Å²) in [7, 11) is 0. The molecule has 0 saturated heterocycles. The van der Waals surface area contributed by atoms with E-state index in [4.69, 9.17) is 0 Å². The van der Waals surface area contributed by atoms with Crippen molar-refractivity contribution in [3.63, 3.8) is 0 Å². The summed E-state index contributed by atoms with van der Waals surface area (Å²) in [6.45, 7) is 1.04. The predicted molar refractivity (Wildman–Crippen MR) is 64.4 cm³/mol. The van der Waals surface area contributed by atoms with Gasteiger partial charge in [0.2, 0.25) is 0 Å². The lowest BCUT2D eigenvalue weighted by molar-refractivity contribution is -0.173. The molecule has 0 aliphatic rings. The lowest BCUT2D eigenvalue weighted by Gasteiger charge is -2.14. The van der Waals surface area contributed by atoms with E-state index in [1.165, 1.54) is 12.1 Å². The average molecular weight is 279 g/mol. The molecule has 0 amide bonds. The Hall–Kier alpha value is -1.14. The van der Waals surface area contributed by atoms with Gasteiger partial charge in [0.05, 0.1) is 6.61 Å². The van der Waals surface area contributed by atoms with E-state index in [0.29, 0.717) is 13.0 Å². The van der Waals surface area contributed by atoms with Crippen molar-refractivity contribution in [3.05, 3.63) is 35.6 Å². The van der Waals surface area contributed by atoms with Crippen LogP contribution in [0.1, 0.15) is 12.5 Å². The molecule has 0 fully saturated rings. The Balaban J connectivity index is 2.14. The molecule has 1 aromatic carbocycles. The van der Waals surface area contributed by atoms with Gasteiger partial charge in [0.15, 0.2) is 0 Å². The summed E-state index contributed by atoms with van der Waals surface area (Å²) < 4.78 is 52.5. The third kappa shape index (κ3) is 7.79. The van der Waals surface area contributed by atoms with Crippen LogP contribution in [-0.4, -0.2) is 32.0 Å². The Morgan fingerprint density at radius 1 is 1.21 bits per heavy atom. The second-order valence-corrected chi connectivity index (χ2v) is 4.35. The highest BCUT2D eigenvalue weighted by Gasteiger charge is 2.27. The fraction of sp³-hybridized carbons (Fsp3) is 0.538. The molecule has 0 saturated carbocycles. The summed E-state index contributed by atoms with van der Waals surface area (Å²) in [5, 5.41) is 3.05. The minimum Gasteiger partial charge on any atom is -0.371 e. The molecule has 1 unspecified atom stereocenters. The molecule has 0 spiro atoms. The van der Waals surface area contributed by atoms with Crippen molar-refractivity contribution >= 4 is 0 Å². The van der Waals surface area contributed by atoms with E-state index in [1.807, 2.05) is 6.92 Å². The van der Waals surface area contributed by atoms with Crippen molar-refractivity contribution in [2.45, 2.75) is 25.6 Å². The van der Waals surface area contributed by atoms with Gasteiger partial charge in [-0.2, -0.15) is 13.2 Å². The highest BCUT2D eigenvalue weighted by atomic mass is 19.4. The highest BCUT2D eigenvalue weighted by Crippen LogP contribution is 2.14. The molecular formula is C13H17F4NO. The fourth-order valence-corrected chi connectivity index (χ4v) is 1.61. The van der Waals surface area contributed by atoms with Gasteiger partial charge in [-0.3, -0.25) is 0 Å². The lowest BCUT2D eigenvalue weighted by Crippen LogP contribution is -2.32. The third-order valence-electron chi connectivity index (χ3n) is 2.46. The first-order valence-corrected chi connectivity index (χ1v) is 5.99. The number of hydrogen-bond acceptors (Lipinski definition) is 2. The van der Waals surface area contributed by atoms with Crippen LogP contribution in [0, 0.1) is 5.82 Å². The van der Waals surface area contributed by atoms with Crippen LogP contribution >= 0.6 is 0 Å². The molecule has 19 heavy (non-hydrogen) atoms. The van der Waals surface area contributed by atoms with Crippen LogP contribution in [0.5, 0.6) is 0 Å². The third-order valence-corrected chi connectivity index (χ3v) is 2.46. The van der Waals surface area contributed by atoms with E-state index in [1.54, 1.807) is 12.1 Å². The summed E-state index contributed by atoms with van der Waals surface area (Å²) in [6.07, 6.45) is -3.60. The number of alkyl halides is 3. The summed E-state index contributed by atoms with van der Waals surface area (Å²) in [6, 6.07) is 6.23. The molecule has 1 aromatic rings. The smallest absolute Gasteiger partial charge is 0.371 e. The fourth-order valence-electron chi connectivity index (χ4n) is 1.61. The first-order chi connectivity index (χ1) is 8.87. The number of benzene rings is 1. The second-order valence-electron chi connectivity index (χ2n) is 4.35. The Morgan fingerprint density at radius 2 is 1.84 bits per heavy atom. The Morgan fingerprint density at radius 3 is 2.42 bits per heavy atom. The molecule has 0 aromatic heterocycles. The maximum Gasteiger partial charge on any atom is 0.411 e. The molecule has 0 heterocycles. The monoisotopic (exact) mass is 279 g/mol. The van der Waals surface area contributed by atoms with Crippen LogP contribution in [-0.2, 0) is 11.2 Å². The standard InChI is InChI=1S/C13H17F4NO/c1-10(8-11-2-4-12(14)5-3-11)18-6-7-19-9-13(15,16)17/h2-5,10,18H,6-9H2,1H3. The van der Waals surface area contributed by atoms with Crippen LogP contribution in [0.4, 0.5) is 17.6 Å². The van der Waals surface area contributed by atoms with Crippen molar-refractivity contribution in [2.75, 3.05) is 19.8 Å². The zero-order valence-electron chi connectivity index (χ0n) is 10.6. The molecule has 1 rings (SSSR count). The average Bonchev–Trinajstić information content (AvgIpc) is 2.30. The number of nitrogens with one attached hydrogen (secondary N) is 1. The van der Waals surface area contributed by atoms with Crippen LogP contribution in [0.3, 0.4) is 0 Å². The maximum absolute atomic E-state index is 12.7. The molecule has 2 nitrogen and oxygen atoms in total. The number of hydrogen-bond donors (Lipinski definition) is 1. The van der Waals surface area contributed by atoms with E-state index in [2.05, 4.69) is 10.1 Å². The molecule has 6 heteroatoms. The first-order valence-electron chi connectivity index (χ1n) is 5.99. The predicted octanol–water partition coefficient (Wildman–Crippen LogP) is 2.93. The summed E-state index contributed by atoms with van der Waals surface area (Å²) in [5.41, 5.74) is 0.970. The molecule has 0 aliphatic heterocycles. The quantitative estimate of drug-likeness (QED) is 0.612. The number of ether oxygens (including phenoxy) is 1. The molecule has 108 valence electrons. The highest BCUT2D eigenvalue weighted by molar-refractivity contribution is 5.16. The van der Waals surface area contributed by atoms with Crippen molar-refractivity contribution in [2.24, 2.45) is 0 Å². The van der Waals surface area contributed by atoms with Gasteiger partial charge in [0.25, 0.3) is 0 Å². The summed E-state index contributed by atoms with van der Waals surface area (Å²) in [5.74, 6) is -0.287. The normalized spacial score (nSPS) is 13.5. The van der Waals surface area contributed by atoms with E-state index < -0.39 is 12.8 Å². The van der Waals surface area contributed by atoms with E-state index in [9.17, 15) is 17.6 Å². The van der Waals surface area contributed by atoms with Crippen molar-refractivity contribution in [1.29, 1.82) is 0 Å². The van der Waals surface area contributed by atoms with Crippen LogP contribution in [0.15, 0.2) is 24.3 Å². The van der Waals surface area contributed by atoms with Gasteiger partial charge in [0.1, 0.15) is 12.4 Å². The number of rotatable bonds is 7. The minimum atomic E-state index is -4.28. The molecule has 0 bridgehead atoms. The maximum atomic E-state index is 12.7. The first kappa shape index (κ1) is 15.9. The largest absolute Gasteiger partial charge is 0.411 e. The Bertz CT molecular complexity index is 364.